The fourth-order valence-electron chi connectivity index (χ4n) is 1.87. The van der Waals surface area contributed by atoms with Crippen LogP contribution in [-0.2, 0) is 4.79 Å². The Labute approximate surface area is 121 Å². The molecule has 0 fully saturated rings. The molecule has 0 saturated carbocycles. The SMILES string of the molecule is CCC(CN)CC(=O)Nc1c(Cl)ccc2scnc12. The van der Waals surface area contributed by atoms with Gasteiger partial charge in [0.2, 0.25) is 5.91 Å². The van der Waals surface area contributed by atoms with Gasteiger partial charge in [-0.3, -0.25) is 4.79 Å². The highest BCUT2D eigenvalue weighted by molar-refractivity contribution is 7.16. The first-order valence-electron chi connectivity index (χ1n) is 6.17. The van der Waals surface area contributed by atoms with Crippen molar-refractivity contribution in [3.8, 4) is 0 Å². The quantitative estimate of drug-likeness (QED) is 0.890. The molecule has 2 rings (SSSR count). The summed E-state index contributed by atoms with van der Waals surface area (Å²) in [7, 11) is 0. The van der Waals surface area contributed by atoms with Gasteiger partial charge in [-0.25, -0.2) is 4.98 Å². The average molecular weight is 298 g/mol. The molecule has 1 atom stereocenters. The molecule has 6 heteroatoms. The molecule has 1 aromatic heterocycles. The van der Waals surface area contributed by atoms with Gasteiger partial charge in [0, 0.05) is 6.42 Å². The number of anilines is 1. The lowest BCUT2D eigenvalue weighted by Crippen LogP contribution is -2.22. The number of aromatic nitrogens is 1. The van der Waals surface area contributed by atoms with Crippen LogP contribution < -0.4 is 11.1 Å². The molecule has 0 aliphatic rings. The minimum absolute atomic E-state index is 0.0697. The van der Waals surface area contributed by atoms with Gasteiger partial charge in [0.1, 0.15) is 5.52 Å². The van der Waals surface area contributed by atoms with E-state index >= 15 is 0 Å². The van der Waals surface area contributed by atoms with Crippen molar-refractivity contribution < 1.29 is 4.79 Å². The lowest BCUT2D eigenvalue weighted by Gasteiger charge is -2.13. The predicted octanol–water partition coefficient (Wildman–Crippen LogP) is 3.26. The molecule has 1 amide bonds. The summed E-state index contributed by atoms with van der Waals surface area (Å²) >= 11 is 7.65. The third-order valence-electron chi connectivity index (χ3n) is 3.10. The van der Waals surface area contributed by atoms with Crippen LogP contribution in [0.5, 0.6) is 0 Å². The van der Waals surface area contributed by atoms with Crippen molar-refractivity contribution in [1.29, 1.82) is 0 Å². The molecular weight excluding hydrogens is 282 g/mol. The Morgan fingerprint density at radius 3 is 3.05 bits per heavy atom. The molecule has 1 aromatic carbocycles. The molecule has 0 saturated heterocycles. The molecule has 0 radical (unpaired) electrons. The number of nitrogens with one attached hydrogen (secondary N) is 1. The summed E-state index contributed by atoms with van der Waals surface area (Å²) in [5, 5.41) is 3.36. The van der Waals surface area contributed by atoms with Gasteiger partial charge < -0.3 is 11.1 Å². The molecule has 19 heavy (non-hydrogen) atoms. The zero-order valence-electron chi connectivity index (χ0n) is 10.6. The first kappa shape index (κ1) is 14.2. The Balaban J connectivity index is 2.18. The van der Waals surface area contributed by atoms with Gasteiger partial charge >= 0.3 is 0 Å². The lowest BCUT2D eigenvalue weighted by molar-refractivity contribution is -0.117. The number of carbonyl (C=O) groups is 1. The van der Waals surface area contributed by atoms with E-state index in [1.807, 2.05) is 13.0 Å². The van der Waals surface area contributed by atoms with E-state index in [-0.39, 0.29) is 11.8 Å². The number of halogens is 1. The molecule has 2 aromatic rings. The fourth-order valence-corrected chi connectivity index (χ4v) is 2.76. The number of hydrogen-bond donors (Lipinski definition) is 2. The lowest BCUT2D eigenvalue weighted by atomic mass is 10.0. The monoisotopic (exact) mass is 297 g/mol. The van der Waals surface area contributed by atoms with E-state index in [1.165, 1.54) is 11.3 Å². The first-order valence-corrected chi connectivity index (χ1v) is 7.43. The van der Waals surface area contributed by atoms with E-state index in [0.29, 0.717) is 23.7 Å². The summed E-state index contributed by atoms with van der Waals surface area (Å²) in [5.74, 6) is 0.133. The van der Waals surface area contributed by atoms with E-state index in [0.717, 1.165) is 16.6 Å². The number of carbonyl (C=O) groups excluding carboxylic acids is 1. The first-order chi connectivity index (χ1) is 9.15. The topological polar surface area (TPSA) is 68.0 Å². The third-order valence-corrected chi connectivity index (χ3v) is 4.21. The average Bonchev–Trinajstić information content (AvgIpc) is 2.88. The maximum absolute atomic E-state index is 12.0. The maximum Gasteiger partial charge on any atom is 0.224 e. The van der Waals surface area contributed by atoms with Gasteiger partial charge in [0.05, 0.1) is 20.9 Å². The standard InChI is InChI=1S/C13H16ClN3OS/c1-2-8(6-15)5-11(18)17-12-9(14)3-4-10-13(12)16-7-19-10/h3-4,7-8H,2,5-6,15H2,1H3,(H,17,18). The van der Waals surface area contributed by atoms with Crippen molar-refractivity contribution in [3.05, 3.63) is 22.7 Å². The largest absolute Gasteiger partial charge is 0.330 e. The molecule has 1 heterocycles. The van der Waals surface area contributed by atoms with Crippen LogP contribution in [0, 0.1) is 5.92 Å². The second-order valence-electron chi connectivity index (χ2n) is 4.38. The summed E-state index contributed by atoms with van der Waals surface area (Å²) < 4.78 is 1.01. The number of hydrogen-bond acceptors (Lipinski definition) is 4. The molecular formula is C13H16ClN3OS. The van der Waals surface area contributed by atoms with Crippen LogP contribution in [0.25, 0.3) is 10.2 Å². The molecule has 4 nitrogen and oxygen atoms in total. The van der Waals surface area contributed by atoms with Crippen LogP contribution in [0.1, 0.15) is 19.8 Å². The Bertz CT molecular complexity index is 580. The summed E-state index contributed by atoms with van der Waals surface area (Å²) in [6, 6.07) is 3.68. The van der Waals surface area contributed by atoms with E-state index in [1.54, 1.807) is 11.6 Å². The van der Waals surface area contributed by atoms with Gasteiger partial charge in [-0.05, 0) is 24.6 Å². The second-order valence-corrected chi connectivity index (χ2v) is 5.68. The van der Waals surface area contributed by atoms with Gasteiger partial charge in [-0.1, -0.05) is 24.9 Å². The molecule has 1 unspecified atom stereocenters. The molecule has 3 N–H and O–H groups in total. The number of nitrogens with two attached hydrogens (primary N) is 1. The van der Waals surface area contributed by atoms with Crippen molar-refractivity contribution in [2.75, 3.05) is 11.9 Å². The van der Waals surface area contributed by atoms with Crippen LogP contribution in [-0.4, -0.2) is 17.4 Å². The second kappa shape index (κ2) is 6.32. The number of fused-ring (bicyclic) bond motifs is 1. The van der Waals surface area contributed by atoms with E-state index in [2.05, 4.69) is 10.3 Å². The number of thiazole rings is 1. The third kappa shape index (κ3) is 3.23. The number of rotatable bonds is 5. The molecule has 0 bridgehead atoms. The van der Waals surface area contributed by atoms with Crippen LogP contribution in [0.4, 0.5) is 5.69 Å². The Morgan fingerprint density at radius 1 is 1.58 bits per heavy atom. The Kier molecular flexibility index (Phi) is 4.74. The van der Waals surface area contributed by atoms with E-state index in [9.17, 15) is 4.79 Å². The van der Waals surface area contributed by atoms with Crippen LogP contribution >= 0.6 is 22.9 Å². The molecule has 0 spiro atoms. The summed E-state index contributed by atoms with van der Waals surface area (Å²) in [6.07, 6.45) is 1.29. The van der Waals surface area contributed by atoms with Gasteiger partial charge in [0.15, 0.2) is 0 Å². The summed E-state index contributed by atoms with van der Waals surface area (Å²) in [6.45, 7) is 2.54. The van der Waals surface area contributed by atoms with E-state index < -0.39 is 0 Å². The summed E-state index contributed by atoms with van der Waals surface area (Å²) in [4.78, 5) is 16.3. The minimum atomic E-state index is -0.0697. The van der Waals surface area contributed by atoms with Gasteiger partial charge in [-0.15, -0.1) is 11.3 Å². The number of benzene rings is 1. The number of amides is 1. The van der Waals surface area contributed by atoms with Crippen molar-refractivity contribution in [2.24, 2.45) is 11.7 Å². The van der Waals surface area contributed by atoms with Crippen LogP contribution in [0.2, 0.25) is 5.02 Å². The Morgan fingerprint density at radius 2 is 2.37 bits per heavy atom. The van der Waals surface area contributed by atoms with Crippen LogP contribution in [0.15, 0.2) is 17.6 Å². The smallest absolute Gasteiger partial charge is 0.224 e. The van der Waals surface area contributed by atoms with Crippen molar-refractivity contribution in [1.82, 2.24) is 4.98 Å². The highest BCUT2D eigenvalue weighted by atomic mass is 35.5. The van der Waals surface area contributed by atoms with E-state index in [4.69, 9.17) is 17.3 Å². The zero-order chi connectivity index (χ0) is 13.8. The maximum atomic E-state index is 12.0. The van der Waals surface area contributed by atoms with Gasteiger partial charge in [-0.2, -0.15) is 0 Å². The van der Waals surface area contributed by atoms with Crippen molar-refractivity contribution in [2.45, 2.75) is 19.8 Å². The number of nitrogens with zero attached hydrogens (tertiary/aromatic N) is 1. The predicted molar refractivity (Wildman–Crippen MR) is 80.7 cm³/mol. The highest BCUT2D eigenvalue weighted by Gasteiger charge is 2.15. The normalized spacial score (nSPS) is 12.6. The van der Waals surface area contributed by atoms with Crippen molar-refractivity contribution in [3.63, 3.8) is 0 Å². The Hall–Kier alpha value is -1.17. The molecule has 0 aliphatic carbocycles. The van der Waals surface area contributed by atoms with Gasteiger partial charge in [0.25, 0.3) is 0 Å². The minimum Gasteiger partial charge on any atom is -0.330 e. The highest BCUT2D eigenvalue weighted by Crippen LogP contribution is 2.32. The molecule has 0 aliphatic heterocycles. The summed E-state index contributed by atoms with van der Waals surface area (Å²) in [5.41, 5.74) is 8.69. The zero-order valence-corrected chi connectivity index (χ0v) is 12.2. The van der Waals surface area contributed by atoms with Crippen molar-refractivity contribution >= 4 is 44.7 Å². The van der Waals surface area contributed by atoms with Crippen LogP contribution in [0.3, 0.4) is 0 Å². The molecule has 102 valence electrons. The fraction of sp³-hybridized carbons (Fsp3) is 0.385.